The van der Waals surface area contributed by atoms with E-state index in [9.17, 15) is 34.8 Å². The Morgan fingerprint density at radius 2 is 1.38 bits per heavy atom. The quantitative estimate of drug-likeness (QED) is 0.262. The second-order valence-corrected chi connectivity index (χ2v) is 6.17. The molecule has 0 saturated carbocycles. The van der Waals surface area contributed by atoms with E-state index in [1.807, 2.05) is 0 Å². The van der Waals surface area contributed by atoms with Gasteiger partial charge in [-0.25, -0.2) is 0 Å². The van der Waals surface area contributed by atoms with Gasteiger partial charge in [-0.05, 0) is 11.5 Å². The molecule has 11 heteroatoms. The molecule has 0 spiro atoms. The SMILES string of the molecule is O=C([O-])CN(CCN(CC(=O)[O-])Cc1ccc2cccc([O-])c2n1)CC(=O)[O-].[Lu+3]. The fraction of sp³-hybridized carbons (Fsp3) is 0.333. The van der Waals surface area contributed by atoms with Crippen molar-refractivity contribution in [3.8, 4) is 5.75 Å². The second-order valence-electron chi connectivity index (χ2n) is 6.17. The Morgan fingerprint density at radius 1 is 0.828 bits per heavy atom. The summed E-state index contributed by atoms with van der Waals surface area (Å²) in [4.78, 5) is 39.2. The van der Waals surface area contributed by atoms with Gasteiger partial charge in [-0.2, -0.15) is 0 Å². The van der Waals surface area contributed by atoms with Crippen LogP contribution in [0.1, 0.15) is 5.69 Å². The topological polar surface area (TPSA) is 163 Å². The fourth-order valence-corrected chi connectivity index (χ4v) is 2.74. The number of carboxylic acid groups (broad SMARTS) is 3. The summed E-state index contributed by atoms with van der Waals surface area (Å²) in [6.07, 6.45) is 0. The van der Waals surface area contributed by atoms with E-state index in [2.05, 4.69) is 4.98 Å². The van der Waals surface area contributed by atoms with Crippen LogP contribution in [0, 0.1) is 36.9 Å². The number of pyridine rings is 1. The van der Waals surface area contributed by atoms with Gasteiger partial charge in [0.05, 0.1) is 29.1 Å². The molecule has 0 atom stereocenters. The minimum absolute atomic E-state index is 0. The fourth-order valence-electron chi connectivity index (χ4n) is 2.74. The Morgan fingerprint density at radius 3 is 1.97 bits per heavy atom. The van der Waals surface area contributed by atoms with E-state index in [-0.39, 0.29) is 67.8 Å². The van der Waals surface area contributed by atoms with Crippen LogP contribution in [0.15, 0.2) is 30.3 Å². The average Bonchev–Trinajstić information content (AvgIpc) is 2.59. The number of benzene rings is 1. The van der Waals surface area contributed by atoms with Crippen LogP contribution in [0.5, 0.6) is 5.75 Å². The van der Waals surface area contributed by atoms with Crippen LogP contribution in [0.3, 0.4) is 0 Å². The van der Waals surface area contributed by atoms with Crippen molar-refractivity contribution in [2.45, 2.75) is 6.54 Å². The summed E-state index contributed by atoms with van der Waals surface area (Å²) < 4.78 is 0. The molecule has 0 saturated heterocycles. The first-order chi connectivity index (χ1) is 13.2. The van der Waals surface area contributed by atoms with Crippen LogP contribution in [-0.4, -0.2) is 65.4 Å². The number of nitrogens with zero attached hydrogens (tertiary/aromatic N) is 3. The Hall–Kier alpha value is -2.01. The number of aromatic nitrogens is 1. The van der Waals surface area contributed by atoms with Crippen molar-refractivity contribution in [1.82, 2.24) is 14.8 Å². The summed E-state index contributed by atoms with van der Waals surface area (Å²) in [5, 5.41) is 45.1. The monoisotopic (exact) mass is 562 g/mol. The van der Waals surface area contributed by atoms with Gasteiger partial charge in [-0.3, -0.25) is 14.8 Å². The van der Waals surface area contributed by atoms with Gasteiger partial charge in [0, 0.05) is 39.3 Å². The van der Waals surface area contributed by atoms with Crippen LogP contribution in [-0.2, 0) is 20.9 Å². The molecule has 2 aromatic rings. The molecule has 0 amide bonds. The standard InChI is InChI=1S/C18H21N3O7.Lu/c22-14-3-1-2-12-4-5-13(19-18(12)14)8-20(9-15(23)24)6-7-21(10-16(25)26)11-17(27)28;/h1-5,22H,6-11H2,(H,23,24)(H,25,26)(H,27,28);/q;+3/p-4. The largest absolute Gasteiger partial charge is 3.00 e. The molecule has 0 aliphatic heterocycles. The number of fused-ring (bicyclic) bond motifs is 1. The number of carbonyl (C=O) groups is 3. The predicted molar refractivity (Wildman–Crippen MR) is 87.9 cm³/mol. The van der Waals surface area contributed by atoms with Crippen molar-refractivity contribution in [2.75, 3.05) is 32.7 Å². The molecule has 0 unspecified atom stereocenters. The molecule has 0 aliphatic rings. The maximum atomic E-state index is 11.9. The molecule has 162 valence electrons. The first kappa shape index (κ1) is 25.0. The molecule has 2 rings (SSSR count). The summed E-state index contributed by atoms with van der Waals surface area (Å²) in [5.74, 6) is -4.56. The molecule has 0 N–H and O–H groups in total. The van der Waals surface area contributed by atoms with E-state index in [1.54, 1.807) is 24.3 Å². The van der Waals surface area contributed by atoms with Gasteiger partial charge in [0.1, 0.15) is 0 Å². The molecule has 0 radical (unpaired) electrons. The summed E-state index contributed by atoms with van der Waals surface area (Å²) in [6, 6.07) is 8.04. The smallest absolute Gasteiger partial charge is 0.871 e. The molecular weight excluding hydrogens is 545 g/mol. The third-order valence-corrected chi connectivity index (χ3v) is 3.92. The number of carboxylic acids is 3. The zero-order valence-electron chi connectivity index (χ0n) is 15.1. The normalized spacial score (nSPS) is 10.8. The van der Waals surface area contributed by atoms with E-state index in [0.717, 1.165) is 4.90 Å². The van der Waals surface area contributed by atoms with Crippen molar-refractivity contribution < 1.29 is 71.7 Å². The first-order valence-electron chi connectivity index (χ1n) is 8.34. The average molecular weight is 562 g/mol. The van der Waals surface area contributed by atoms with Gasteiger partial charge in [0.15, 0.2) is 0 Å². The number of hydrogen-bond acceptors (Lipinski definition) is 10. The first-order valence-corrected chi connectivity index (χ1v) is 8.34. The van der Waals surface area contributed by atoms with E-state index in [0.29, 0.717) is 11.1 Å². The van der Waals surface area contributed by atoms with Crippen LogP contribution in [0.2, 0.25) is 0 Å². The van der Waals surface area contributed by atoms with E-state index in [1.165, 1.54) is 11.0 Å². The molecule has 0 bridgehead atoms. The van der Waals surface area contributed by atoms with Gasteiger partial charge in [-0.1, -0.05) is 30.0 Å². The maximum Gasteiger partial charge on any atom is 3.00 e. The van der Waals surface area contributed by atoms with Gasteiger partial charge in [-0.15, -0.1) is 0 Å². The van der Waals surface area contributed by atoms with Crippen molar-refractivity contribution in [2.24, 2.45) is 0 Å². The van der Waals surface area contributed by atoms with Crippen LogP contribution in [0.25, 0.3) is 10.9 Å². The minimum Gasteiger partial charge on any atom is -0.871 e. The molecule has 1 aromatic carbocycles. The van der Waals surface area contributed by atoms with Crippen molar-refractivity contribution in [3.05, 3.63) is 36.0 Å². The molecule has 29 heavy (non-hydrogen) atoms. The van der Waals surface area contributed by atoms with Gasteiger partial charge < -0.3 is 34.8 Å². The summed E-state index contributed by atoms with van der Waals surface area (Å²) in [5.41, 5.74) is 0.687. The van der Waals surface area contributed by atoms with Crippen LogP contribution in [0.4, 0.5) is 0 Å². The maximum absolute atomic E-state index is 11.9. The van der Waals surface area contributed by atoms with E-state index >= 15 is 0 Å². The Kier molecular flexibility index (Phi) is 10.2. The van der Waals surface area contributed by atoms with Crippen molar-refractivity contribution >= 4 is 28.8 Å². The molecule has 0 fully saturated rings. The van der Waals surface area contributed by atoms with Crippen molar-refractivity contribution in [3.63, 3.8) is 0 Å². The minimum atomic E-state index is -1.47. The summed E-state index contributed by atoms with van der Waals surface area (Å²) in [7, 11) is 0. The third kappa shape index (κ3) is 8.49. The number of para-hydroxylation sites is 1. The number of aliphatic carboxylic acids is 3. The van der Waals surface area contributed by atoms with Crippen LogP contribution < -0.4 is 20.4 Å². The van der Waals surface area contributed by atoms with E-state index < -0.39 is 37.5 Å². The number of hydrogen-bond donors (Lipinski definition) is 0. The predicted octanol–water partition coefficient (Wildman–Crippen LogP) is -4.34. The molecule has 0 aliphatic carbocycles. The number of rotatable bonds is 11. The Labute approximate surface area is 195 Å². The summed E-state index contributed by atoms with van der Waals surface area (Å²) in [6.45, 7) is -1.75. The second kappa shape index (κ2) is 11.9. The van der Waals surface area contributed by atoms with E-state index in [4.69, 9.17) is 0 Å². The van der Waals surface area contributed by atoms with Gasteiger partial charge in [0.2, 0.25) is 0 Å². The zero-order chi connectivity index (χ0) is 20.7. The Balaban J connectivity index is 0.00000420. The van der Waals surface area contributed by atoms with Crippen LogP contribution >= 0.6 is 0 Å². The zero-order valence-corrected chi connectivity index (χ0v) is 16.7. The number of carbonyl (C=O) groups excluding carboxylic acids is 3. The third-order valence-electron chi connectivity index (χ3n) is 3.92. The Bertz CT molecular complexity index is 862. The van der Waals surface area contributed by atoms with Gasteiger partial charge >= 0.3 is 36.9 Å². The van der Waals surface area contributed by atoms with Gasteiger partial charge in [0.25, 0.3) is 0 Å². The molecule has 1 aromatic heterocycles. The molecular formula is C18H17LuN3O7-. The summed E-state index contributed by atoms with van der Waals surface area (Å²) >= 11 is 0. The molecule has 1 heterocycles. The molecule has 10 nitrogen and oxygen atoms in total. The van der Waals surface area contributed by atoms with Crippen molar-refractivity contribution in [1.29, 1.82) is 0 Å².